The van der Waals surface area contributed by atoms with E-state index in [1.165, 1.54) is 4.90 Å². The maximum Gasteiger partial charge on any atom is 0.415 e. The Hall–Kier alpha value is -3.07. The van der Waals surface area contributed by atoms with Gasteiger partial charge >= 0.3 is 12.1 Å². The molecule has 0 saturated carbocycles. The molecule has 2 aliphatic heterocycles. The van der Waals surface area contributed by atoms with E-state index in [1.807, 2.05) is 36.6 Å². The summed E-state index contributed by atoms with van der Waals surface area (Å²) in [5.41, 5.74) is 3.15. The number of piperidine rings is 1. The Morgan fingerprint density at radius 3 is 2.62 bits per heavy atom. The van der Waals surface area contributed by atoms with Gasteiger partial charge in [-0.3, -0.25) is 14.5 Å². The molecule has 2 amide bonds. The normalized spacial score (nSPS) is 21.1. The zero-order valence-electron chi connectivity index (χ0n) is 19.2. The predicted octanol–water partition coefficient (Wildman–Crippen LogP) is 3.39. The van der Waals surface area contributed by atoms with Crippen molar-refractivity contribution >= 4 is 35.4 Å². The molecule has 9 heteroatoms. The van der Waals surface area contributed by atoms with Gasteiger partial charge < -0.3 is 19.8 Å². The van der Waals surface area contributed by atoms with Crippen LogP contribution in [0, 0.1) is 11.3 Å². The number of rotatable bonds is 7. The maximum absolute atomic E-state index is 13.1. The second-order valence-corrected chi connectivity index (χ2v) is 9.50. The number of thioether (sulfide) groups is 1. The lowest BCUT2D eigenvalue weighted by Gasteiger charge is -2.32. The van der Waals surface area contributed by atoms with E-state index >= 15 is 0 Å². The van der Waals surface area contributed by atoms with Gasteiger partial charge in [0.25, 0.3) is 5.91 Å². The zero-order chi connectivity index (χ0) is 24.1. The van der Waals surface area contributed by atoms with E-state index in [2.05, 4.69) is 0 Å². The van der Waals surface area contributed by atoms with Crippen LogP contribution in [0.15, 0.2) is 53.8 Å². The van der Waals surface area contributed by atoms with Crippen LogP contribution in [-0.4, -0.2) is 71.2 Å². The number of hydrogen-bond acceptors (Lipinski definition) is 7. The Morgan fingerprint density at radius 1 is 1.18 bits per heavy atom. The van der Waals surface area contributed by atoms with Crippen molar-refractivity contribution in [3.8, 4) is 0 Å². The molecule has 4 rings (SSSR count). The quantitative estimate of drug-likeness (QED) is 0.597. The summed E-state index contributed by atoms with van der Waals surface area (Å²) in [6.07, 6.45) is 5.55. The first-order valence-corrected chi connectivity index (χ1v) is 12.8. The number of carbonyl (C=O) groups excluding carboxylic acids is 3. The lowest BCUT2D eigenvalue weighted by Crippen LogP contribution is -2.46. The van der Waals surface area contributed by atoms with Crippen LogP contribution < -0.4 is 0 Å². The largest absolute Gasteiger partial charge is 0.461 e. The van der Waals surface area contributed by atoms with E-state index in [4.69, 9.17) is 14.9 Å². The molecule has 1 aromatic carbocycles. The van der Waals surface area contributed by atoms with Gasteiger partial charge in [0.1, 0.15) is 6.61 Å². The first-order chi connectivity index (χ1) is 16.5. The van der Waals surface area contributed by atoms with Crippen molar-refractivity contribution in [2.24, 2.45) is 5.92 Å². The highest BCUT2D eigenvalue weighted by Gasteiger charge is 2.41. The molecule has 0 radical (unpaired) electrons. The predicted molar refractivity (Wildman–Crippen MR) is 129 cm³/mol. The third kappa shape index (κ3) is 5.52. The number of nitrogens with one attached hydrogen (secondary N) is 1. The van der Waals surface area contributed by atoms with Crippen LogP contribution in [0.1, 0.15) is 24.8 Å². The average Bonchev–Trinajstić information content (AvgIpc) is 3.24. The number of nitrogens with zero attached hydrogens (tertiary/aromatic N) is 2. The first-order valence-electron chi connectivity index (χ1n) is 11.4. The van der Waals surface area contributed by atoms with Crippen LogP contribution >= 0.6 is 11.8 Å². The molecule has 0 aromatic heterocycles. The van der Waals surface area contributed by atoms with Crippen molar-refractivity contribution in [3.05, 3.63) is 59.3 Å². The Labute approximate surface area is 203 Å². The second kappa shape index (κ2) is 10.9. The van der Waals surface area contributed by atoms with Gasteiger partial charge in [0, 0.05) is 36.7 Å². The molecule has 2 saturated heterocycles. The Bertz CT molecular complexity index is 1010. The molecule has 1 unspecified atom stereocenters. The number of amides is 2. The Balaban J connectivity index is 1.30. The van der Waals surface area contributed by atoms with Gasteiger partial charge in [0.2, 0.25) is 0 Å². The molecule has 1 aliphatic carbocycles. The lowest BCUT2D eigenvalue weighted by atomic mass is 9.96. The number of likely N-dealkylation sites (tertiary alicyclic amines) is 1. The Kier molecular flexibility index (Phi) is 7.72. The molecule has 34 heavy (non-hydrogen) atoms. The van der Waals surface area contributed by atoms with Crippen molar-refractivity contribution in [1.82, 2.24) is 9.80 Å². The summed E-state index contributed by atoms with van der Waals surface area (Å²) in [7, 11) is 0. The fourth-order valence-electron chi connectivity index (χ4n) is 4.43. The number of allylic oxidation sites excluding steroid dienone is 2. The fraction of sp³-hybridized carbons (Fsp3) is 0.440. The molecule has 0 spiro atoms. The highest BCUT2D eigenvalue weighted by Crippen LogP contribution is 2.28. The summed E-state index contributed by atoms with van der Waals surface area (Å²) in [5.74, 6) is -0.000565. The zero-order valence-corrected chi connectivity index (χ0v) is 20.0. The number of ether oxygens (including phenoxy) is 2. The lowest BCUT2D eigenvalue weighted by molar-refractivity contribution is -0.153. The van der Waals surface area contributed by atoms with Gasteiger partial charge in [0.05, 0.1) is 12.5 Å². The SMILES string of the molecule is CSCC1=C(N2CC(C(=O)N3CCC(C(=O)OCc4ccccc4)CC3)OC2=O)C=CC(=N)C1. The monoisotopic (exact) mass is 483 g/mol. The number of cyclic esters (lactones) is 1. The van der Waals surface area contributed by atoms with Crippen LogP contribution in [0.5, 0.6) is 0 Å². The molecule has 1 aromatic rings. The van der Waals surface area contributed by atoms with Crippen molar-refractivity contribution in [2.75, 3.05) is 31.6 Å². The minimum Gasteiger partial charge on any atom is -0.461 e. The van der Waals surface area contributed by atoms with Crippen molar-refractivity contribution < 1.29 is 23.9 Å². The van der Waals surface area contributed by atoms with E-state index in [9.17, 15) is 14.4 Å². The Morgan fingerprint density at radius 2 is 1.91 bits per heavy atom. The molecule has 3 aliphatic rings. The van der Waals surface area contributed by atoms with Crippen molar-refractivity contribution in [1.29, 1.82) is 5.41 Å². The highest BCUT2D eigenvalue weighted by atomic mass is 32.2. The van der Waals surface area contributed by atoms with E-state index in [-0.39, 0.29) is 30.9 Å². The van der Waals surface area contributed by atoms with Gasteiger partial charge in [-0.15, -0.1) is 0 Å². The minimum atomic E-state index is -0.869. The molecule has 180 valence electrons. The van der Waals surface area contributed by atoms with Crippen LogP contribution in [0.2, 0.25) is 0 Å². The van der Waals surface area contributed by atoms with Gasteiger partial charge in [-0.2, -0.15) is 11.8 Å². The number of benzene rings is 1. The van der Waals surface area contributed by atoms with Crippen molar-refractivity contribution in [2.45, 2.75) is 32.0 Å². The summed E-state index contributed by atoms with van der Waals surface area (Å²) in [6.45, 7) is 1.25. The van der Waals surface area contributed by atoms with Gasteiger partial charge in [-0.1, -0.05) is 30.3 Å². The number of carbonyl (C=O) groups is 3. The smallest absolute Gasteiger partial charge is 0.415 e. The van der Waals surface area contributed by atoms with Gasteiger partial charge in [0.15, 0.2) is 6.10 Å². The first kappa shape index (κ1) is 24.1. The molecule has 1 N–H and O–H groups in total. The van der Waals surface area contributed by atoms with Crippen LogP contribution in [0.4, 0.5) is 4.79 Å². The van der Waals surface area contributed by atoms with Crippen LogP contribution in [-0.2, 0) is 25.7 Å². The third-order valence-electron chi connectivity index (χ3n) is 6.27. The molecule has 2 fully saturated rings. The van der Waals surface area contributed by atoms with Gasteiger partial charge in [-0.25, -0.2) is 4.79 Å². The van der Waals surface area contributed by atoms with Crippen LogP contribution in [0.3, 0.4) is 0 Å². The summed E-state index contributed by atoms with van der Waals surface area (Å²) in [6, 6.07) is 9.54. The second-order valence-electron chi connectivity index (χ2n) is 8.63. The van der Waals surface area contributed by atoms with Gasteiger partial charge in [-0.05, 0) is 42.4 Å². The molecule has 1 atom stereocenters. The minimum absolute atomic E-state index is 0.154. The molecular weight excluding hydrogens is 454 g/mol. The van der Waals surface area contributed by atoms with E-state index in [0.717, 1.165) is 16.8 Å². The van der Waals surface area contributed by atoms with E-state index in [0.29, 0.717) is 43.8 Å². The summed E-state index contributed by atoms with van der Waals surface area (Å²) in [4.78, 5) is 41.3. The highest BCUT2D eigenvalue weighted by molar-refractivity contribution is 7.98. The fourth-order valence-corrected chi connectivity index (χ4v) is 5.03. The van der Waals surface area contributed by atoms with Crippen LogP contribution in [0.25, 0.3) is 0 Å². The third-order valence-corrected chi connectivity index (χ3v) is 6.91. The van der Waals surface area contributed by atoms with E-state index in [1.54, 1.807) is 28.8 Å². The molecular formula is C25H29N3O5S. The maximum atomic E-state index is 13.1. The number of esters is 1. The average molecular weight is 484 g/mol. The number of hydrogen-bond donors (Lipinski definition) is 1. The summed E-state index contributed by atoms with van der Waals surface area (Å²) in [5, 5.41) is 7.91. The standard InChI is InChI=1S/C25H29N3O5S/c1-34-16-19-13-20(26)7-8-21(19)28-14-22(33-25(28)31)23(29)27-11-9-18(10-12-27)24(30)32-15-17-5-3-2-4-6-17/h2-8,18,22,26H,9-16H2,1H3. The van der Waals surface area contributed by atoms with Crippen molar-refractivity contribution in [3.63, 3.8) is 0 Å². The summed E-state index contributed by atoms with van der Waals surface area (Å²) < 4.78 is 10.9. The summed E-state index contributed by atoms with van der Waals surface area (Å²) >= 11 is 1.63. The molecule has 2 heterocycles. The molecule has 0 bridgehead atoms. The van der Waals surface area contributed by atoms with E-state index < -0.39 is 12.2 Å². The topological polar surface area (TPSA) is 100 Å². The molecule has 8 nitrogen and oxygen atoms in total.